The highest BCUT2D eigenvalue weighted by atomic mass is 16.6. The third kappa shape index (κ3) is 4.32. The van der Waals surface area contributed by atoms with Crippen LogP contribution in [0.2, 0.25) is 0 Å². The molecule has 1 aliphatic heterocycles. The number of hydrogen-bond donors (Lipinski definition) is 1. The number of aromatic amines is 1. The summed E-state index contributed by atoms with van der Waals surface area (Å²) in [5.74, 6) is 0.744. The van der Waals surface area contributed by atoms with Crippen LogP contribution in [0.15, 0.2) is 35.3 Å². The van der Waals surface area contributed by atoms with Crippen LogP contribution in [-0.2, 0) is 4.74 Å². The average Bonchev–Trinajstić information content (AvgIpc) is 2.54. The molecule has 1 N–H and O–H groups in total. The van der Waals surface area contributed by atoms with E-state index in [-0.39, 0.29) is 17.8 Å². The summed E-state index contributed by atoms with van der Waals surface area (Å²) in [7, 11) is 0. The van der Waals surface area contributed by atoms with Crippen molar-refractivity contribution in [3.05, 3.63) is 40.8 Å². The number of pyridine rings is 1. The number of H-pyrrole nitrogens is 1. The molecule has 0 saturated carbocycles. The van der Waals surface area contributed by atoms with Crippen LogP contribution >= 0.6 is 0 Å². The highest BCUT2D eigenvalue weighted by Gasteiger charge is 2.27. The number of piperidine rings is 1. The topological polar surface area (TPSA) is 71.6 Å². The number of benzene rings is 1. The van der Waals surface area contributed by atoms with Crippen LogP contribution in [0.25, 0.3) is 10.8 Å². The fraction of sp³-hybridized carbons (Fsp3) is 0.474. The van der Waals surface area contributed by atoms with E-state index in [4.69, 9.17) is 9.47 Å². The third-order valence-corrected chi connectivity index (χ3v) is 4.14. The van der Waals surface area contributed by atoms with E-state index in [1.807, 2.05) is 39.0 Å². The predicted octanol–water partition coefficient (Wildman–Crippen LogP) is 3.31. The van der Waals surface area contributed by atoms with Crippen LogP contribution in [0.3, 0.4) is 0 Å². The number of likely N-dealkylation sites (tertiary alicyclic amines) is 1. The Bertz CT molecular complexity index is 814. The van der Waals surface area contributed by atoms with Crippen molar-refractivity contribution in [2.24, 2.45) is 0 Å². The van der Waals surface area contributed by atoms with Gasteiger partial charge in [0.05, 0.1) is 0 Å². The molecule has 1 fully saturated rings. The first-order chi connectivity index (χ1) is 11.8. The lowest BCUT2D eigenvalue weighted by molar-refractivity contribution is 0.0127. The van der Waals surface area contributed by atoms with Crippen molar-refractivity contribution >= 4 is 16.9 Å². The quantitative estimate of drug-likeness (QED) is 0.907. The molecule has 1 amide bonds. The van der Waals surface area contributed by atoms with Gasteiger partial charge < -0.3 is 19.4 Å². The summed E-state index contributed by atoms with van der Waals surface area (Å²) in [4.78, 5) is 28.2. The second kappa shape index (κ2) is 6.78. The molecule has 2 heterocycles. The molecule has 0 radical (unpaired) electrons. The zero-order chi connectivity index (χ0) is 18.0. The summed E-state index contributed by atoms with van der Waals surface area (Å²) in [6.45, 7) is 6.84. The Hall–Kier alpha value is -2.50. The number of rotatable bonds is 2. The molecule has 1 saturated heterocycles. The molecule has 134 valence electrons. The lowest BCUT2D eigenvalue weighted by Gasteiger charge is -2.33. The molecule has 1 aliphatic rings. The minimum Gasteiger partial charge on any atom is -0.490 e. The van der Waals surface area contributed by atoms with Gasteiger partial charge in [0.1, 0.15) is 17.5 Å². The Labute approximate surface area is 146 Å². The number of carbonyl (C=O) groups excluding carboxylic acids is 1. The van der Waals surface area contributed by atoms with Crippen LogP contribution in [0, 0.1) is 0 Å². The summed E-state index contributed by atoms with van der Waals surface area (Å²) < 4.78 is 11.4. The molecule has 1 aromatic heterocycles. The SMILES string of the molecule is CC(C)(C)OC(=O)N1CCC(Oc2ccc3c(=O)[nH]ccc3c2)CC1. The van der Waals surface area contributed by atoms with Crippen LogP contribution in [0.4, 0.5) is 4.79 Å². The first-order valence-corrected chi connectivity index (χ1v) is 8.58. The van der Waals surface area contributed by atoms with Gasteiger partial charge in [-0.05, 0) is 50.4 Å². The maximum atomic E-state index is 12.1. The number of amides is 1. The number of ether oxygens (including phenoxy) is 2. The summed E-state index contributed by atoms with van der Waals surface area (Å²) >= 11 is 0. The maximum Gasteiger partial charge on any atom is 0.410 e. The molecule has 2 aromatic rings. The maximum absolute atomic E-state index is 12.1. The summed E-state index contributed by atoms with van der Waals surface area (Å²) in [5.41, 5.74) is -0.581. The molecule has 6 heteroatoms. The molecule has 0 aliphatic carbocycles. The molecule has 0 unspecified atom stereocenters. The lowest BCUT2D eigenvalue weighted by Crippen LogP contribution is -2.44. The van der Waals surface area contributed by atoms with E-state index in [9.17, 15) is 9.59 Å². The highest BCUT2D eigenvalue weighted by molar-refractivity contribution is 5.82. The summed E-state index contributed by atoms with van der Waals surface area (Å²) in [6, 6.07) is 7.33. The normalized spacial score (nSPS) is 16.0. The van der Waals surface area contributed by atoms with Gasteiger partial charge in [-0.3, -0.25) is 4.79 Å². The Balaban J connectivity index is 1.59. The fourth-order valence-corrected chi connectivity index (χ4v) is 2.92. The van der Waals surface area contributed by atoms with E-state index in [0.29, 0.717) is 18.5 Å². The molecule has 1 aromatic carbocycles. The third-order valence-electron chi connectivity index (χ3n) is 4.14. The monoisotopic (exact) mass is 344 g/mol. The molecule has 3 rings (SSSR count). The van der Waals surface area contributed by atoms with E-state index >= 15 is 0 Å². The molecule has 0 atom stereocenters. The molecule has 0 spiro atoms. The van der Waals surface area contributed by atoms with Crippen molar-refractivity contribution in [2.75, 3.05) is 13.1 Å². The van der Waals surface area contributed by atoms with Gasteiger partial charge >= 0.3 is 6.09 Å². The molecule has 0 bridgehead atoms. The Morgan fingerprint density at radius 3 is 2.60 bits per heavy atom. The van der Waals surface area contributed by atoms with Gasteiger partial charge in [-0.15, -0.1) is 0 Å². The number of aromatic nitrogens is 1. The van der Waals surface area contributed by atoms with Gasteiger partial charge in [0.25, 0.3) is 5.56 Å². The molecular weight excluding hydrogens is 320 g/mol. The first-order valence-electron chi connectivity index (χ1n) is 8.58. The van der Waals surface area contributed by atoms with Gasteiger partial charge in [0.15, 0.2) is 0 Å². The van der Waals surface area contributed by atoms with Crippen molar-refractivity contribution in [1.29, 1.82) is 0 Å². The summed E-state index contributed by atoms with van der Waals surface area (Å²) in [6.07, 6.45) is 2.93. The summed E-state index contributed by atoms with van der Waals surface area (Å²) in [5, 5.41) is 1.50. The first kappa shape index (κ1) is 17.3. The van der Waals surface area contributed by atoms with Crippen LogP contribution in [0.5, 0.6) is 5.75 Å². The van der Waals surface area contributed by atoms with Crippen LogP contribution in [-0.4, -0.2) is 40.8 Å². The van der Waals surface area contributed by atoms with Gasteiger partial charge in [-0.2, -0.15) is 0 Å². The number of fused-ring (bicyclic) bond motifs is 1. The van der Waals surface area contributed by atoms with Crippen molar-refractivity contribution in [2.45, 2.75) is 45.3 Å². The van der Waals surface area contributed by atoms with Gasteiger partial charge in [-0.25, -0.2) is 4.79 Å². The molecule has 25 heavy (non-hydrogen) atoms. The molecular formula is C19H24N2O4. The van der Waals surface area contributed by atoms with Gasteiger partial charge in [-0.1, -0.05) is 0 Å². The molecule has 6 nitrogen and oxygen atoms in total. The predicted molar refractivity (Wildman–Crippen MR) is 96.0 cm³/mol. The standard InChI is InChI=1S/C19H24N2O4/c1-19(2,3)25-18(23)21-10-7-14(8-11-21)24-15-4-5-16-13(12-15)6-9-20-17(16)22/h4-6,9,12,14H,7-8,10-11H2,1-3H3,(H,20,22). The zero-order valence-corrected chi connectivity index (χ0v) is 14.9. The van der Waals surface area contributed by atoms with Gasteiger partial charge in [0, 0.05) is 37.5 Å². The van der Waals surface area contributed by atoms with Crippen LogP contribution < -0.4 is 10.3 Å². The van der Waals surface area contributed by atoms with E-state index in [0.717, 1.165) is 24.0 Å². The number of carbonyl (C=O) groups is 1. The zero-order valence-electron chi connectivity index (χ0n) is 14.9. The Morgan fingerprint density at radius 1 is 1.20 bits per heavy atom. The highest BCUT2D eigenvalue weighted by Crippen LogP contribution is 2.23. The van der Waals surface area contributed by atoms with Gasteiger partial charge in [0.2, 0.25) is 0 Å². The average molecular weight is 344 g/mol. The van der Waals surface area contributed by atoms with E-state index in [1.54, 1.807) is 17.2 Å². The van der Waals surface area contributed by atoms with Crippen LogP contribution in [0.1, 0.15) is 33.6 Å². The van der Waals surface area contributed by atoms with Crippen molar-refractivity contribution < 1.29 is 14.3 Å². The lowest BCUT2D eigenvalue weighted by atomic mass is 10.1. The second-order valence-corrected chi connectivity index (χ2v) is 7.34. The van der Waals surface area contributed by atoms with E-state index < -0.39 is 5.60 Å². The van der Waals surface area contributed by atoms with E-state index in [2.05, 4.69) is 4.98 Å². The number of nitrogens with one attached hydrogen (secondary N) is 1. The smallest absolute Gasteiger partial charge is 0.410 e. The number of hydrogen-bond acceptors (Lipinski definition) is 4. The second-order valence-electron chi connectivity index (χ2n) is 7.34. The Kier molecular flexibility index (Phi) is 4.70. The van der Waals surface area contributed by atoms with Crippen molar-refractivity contribution in [3.63, 3.8) is 0 Å². The minimum atomic E-state index is -0.479. The fourth-order valence-electron chi connectivity index (χ4n) is 2.92. The number of nitrogens with zero attached hydrogens (tertiary/aromatic N) is 1. The van der Waals surface area contributed by atoms with Crippen molar-refractivity contribution in [3.8, 4) is 5.75 Å². The Morgan fingerprint density at radius 2 is 1.92 bits per heavy atom. The van der Waals surface area contributed by atoms with E-state index in [1.165, 1.54) is 0 Å². The van der Waals surface area contributed by atoms with Crippen molar-refractivity contribution in [1.82, 2.24) is 9.88 Å². The largest absolute Gasteiger partial charge is 0.490 e. The minimum absolute atomic E-state index is 0.0538.